The second-order valence-corrected chi connectivity index (χ2v) is 13.5. The smallest absolute Gasteiger partial charge is 0.258 e. The molecule has 3 fully saturated rings. The minimum Gasteiger partial charge on any atom is -0.508 e. The molecule has 7 rings (SSSR count). The third kappa shape index (κ3) is 4.04. The Hall–Kier alpha value is -4.00. The van der Waals surface area contributed by atoms with E-state index in [2.05, 4.69) is 0 Å². The van der Waals surface area contributed by atoms with Crippen molar-refractivity contribution in [1.29, 1.82) is 0 Å². The largest absolute Gasteiger partial charge is 0.508 e. The van der Waals surface area contributed by atoms with Crippen LogP contribution >= 0.6 is 34.8 Å². The number of nitrogens with zero attached hydrogens (tertiary/aromatic N) is 2. The van der Waals surface area contributed by atoms with Crippen LogP contribution in [0.3, 0.4) is 0 Å². The van der Waals surface area contributed by atoms with E-state index in [9.17, 15) is 37.5 Å². The quantitative estimate of drug-likeness (QED) is 0.0836. The summed E-state index contributed by atoms with van der Waals surface area (Å²) in [6, 6.07) is 11.1. The van der Waals surface area contributed by atoms with Crippen LogP contribution in [0.25, 0.3) is 0 Å². The summed E-state index contributed by atoms with van der Waals surface area (Å²) in [7, 11) is 0. The highest BCUT2D eigenvalue weighted by Gasteiger charge is 2.77. The first-order chi connectivity index (χ1) is 22.1. The lowest BCUT2D eigenvalue weighted by Crippen LogP contribution is -2.60. The minimum absolute atomic E-state index is 0.00844. The van der Waals surface area contributed by atoms with Gasteiger partial charge in [0.05, 0.1) is 17.5 Å². The van der Waals surface area contributed by atoms with Crippen LogP contribution in [0.5, 0.6) is 5.75 Å². The van der Waals surface area contributed by atoms with Gasteiger partial charge in [-0.2, -0.15) is 0 Å². The fraction of sp³-hybridized carbons (Fsp3) is 0.250. The van der Waals surface area contributed by atoms with Crippen LogP contribution in [0, 0.1) is 46.8 Å². The molecule has 2 heterocycles. The zero-order valence-corrected chi connectivity index (χ0v) is 25.7. The van der Waals surface area contributed by atoms with E-state index in [0.29, 0.717) is 10.6 Å². The maximum atomic E-state index is 15.1. The second kappa shape index (κ2) is 10.5. The predicted molar refractivity (Wildman–Crippen MR) is 158 cm³/mol. The molecule has 3 aromatic rings. The Morgan fingerprint density at radius 1 is 0.723 bits per heavy atom. The summed E-state index contributed by atoms with van der Waals surface area (Å²) in [5.41, 5.74) is -1.17. The van der Waals surface area contributed by atoms with Crippen molar-refractivity contribution < 1.29 is 46.2 Å². The number of hydrogen-bond acceptors (Lipinski definition) is 5. The highest BCUT2D eigenvalue weighted by Crippen LogP contribution is 2.66. The summed E-state index contributed by atoms with van der Waals surface area (Å²) >= 11 is 20.1. The van der Waals surface area contributed by atoms with Crippen LogP contribution in [0.1, 0.15) is 24.3 Å². The van der Waals surface area contributed by atoms with Crippen LogP contribution in [0.2, 0.25) is 5.02 Å². The number of benzene rings is 3. The van der Waals surface area contributed by atoms with E-state index in [1.54, 1.807) is 6.08 Å². The maximum absolute atomic E-state index is 15.1. The molecule has 0 spiro atoms. The first-order valence-corrected chi connectivity index (χ1v) is 15.2. The number of amides is 4. The van der Waals surface area contributed by atoms with Crippen molar-refractivity contribution in [3.05, 3.63) is 99.9 Å². The van der Waals surface area contributed by atoms with Crippen molar-refractivity contribution >= 4 is 69.8 Å². The topological polar surface area (TPSA) is 95.0 Å². The van der Waals surface area contributed by atoms with E-state index >= 15 is 8.78 Å². The zero-order chi connectivity index (χ0) is 33.9. The lowest BCUT2D eigenvalue weighted by molar-refractivity contribution is -0.125. The molecule has 4 aliphatic rings. The fourth-order valence-corrected chi connectivity index (χ4v) is 8.51. The molecule has 0 aromatic heterocycles. The van der Waals surface area contributed by atoms with Gasteiger partial charge in [-0.25, -0.2) is 26.9 Å². The number of imide groups is 2. The van der Waals surface area contributed by atoms with E-state index in [0.717, 1.165) is 4.90 Å². The van der Waals surface area contributed by atoms with Gasteiger partial charge >= 0.3 is 0 Å². The summed E-state index contributed by atoms with van der Waals surface area (Å²) in [5.74, 6) is -21.4. The third-order valence-electron chi connectivity index (χ3n) is 9.53. The number of fused-ring (bicyclic) bond motifs is 4. The first kappa shape index (κ1) is 31.6. The number of phenols is 1. The number of allylic oxidation sites excluding steroid dienone is 2. The number of halogens is 8. The van der Waals surface area contributed by atoms with Gasteiger partial charge in [0.15, 0.2) is 33.0 Å². The van der Waals surface area contributed by atoms with Crippen molar-refractivity contribution in [3.8, 4) is 5.75 Å². The molecule has 2 aliphatic heterocycles. The summed E-state index contributed by atoms with van der Waals surface area (Å²) in [6.45, 7) is 0. The van der Waals surface area contributed by atoms with E-state index in [-0.39, 0.29) is 28.3 Å². The molecule has 2 aliphatic carbocycles. The van der Waals surface area contributed by atoms with E-state index < -0.39 is 98.2 Å². The highest BCUT2D eigenvalue weighted by atomic mass is 35.5. The van der Waals surface area contributed by atoms with Crippen LogP contribution in [0.15, 0.2) is 60.2 Å². The standard InChI is InChI=1S/C32H18Cl3F5N2O5/c33-13-3-5-14(6-4-13)41-27(44)17-10-9-16-18(19(17)28(41)45)11-31(34)29(46)42(26-24(39)22(37)21(36)23(38)25(26)40)30(47)32(31,35)20(16)12-1-7-15(43)8-2-12/h1-9,17-20,43H,10-11H2/t17-,18+,19-,20-,31+,32-/m0/s1. The first-order valence-electron chi connectivity index (χ1n) is 14.1. The third-order valence-corrected chi connectivity index (χ3v) is 11.2. The van der Waals surface area contributed by atoms with Gasteiger partial charge < -0.3 is 5.11 Å². The van der Waals surface area contributed by atoms with Crippen LogP contribution in [-0.4, -0.2) is 38.5 Å². The molecule has 0 radical (unpaired) electrons. The van der Waals surface area contributed by atoms with Crippen LogP contribution in [-0.2, 0) is 19.2 Å². The van der Waals surface area contributed by atoms with Gasteiger partial charge in [-0.05, 0) is 60.7 Å². The molecule has 0 unspecified atom stereocenters. The molecule has 0 bridgehead atoms. The molecule has 242 valence electrons. The SMILES string of the molecule is O=C1[C@H]2[C@H](CC=C3[C@H]2C[C@@]2(Cl)C(=O)N(c4c(F)c(F)c(F)c(F)c4F)C(=O)[C@@]2(Cl)[C@H]3c2ccc(O)cc2)C(=O)N1c1ccc(Cl)cc1. The number of hydrogen-bond donors (Lipinski definition) is 1. The fourth-order valence-electron chi connectivity index (χ4n) is 7.45. The van der Waals surface area contributed by atoms with E-state index in [4.69, 9.17) is 34.8 Å². The number of rotatable bonds is 3. The van der Waals surface area contributed by atoms with Crippen molar-refractivity contribution in [1.82, 2.24) is 0 Å². The monoisotopic (exact) mass is 710 g/mol. The number of carbonyl (C=O) groups excluding carboxylic acids is 4. The normalized spacial score (nSPS) is 30.0. The van der Waals surface area contributed by atoms with Crippen LogP contribution in [0.4, 0.5) is 33.3 Å². The van der Waals surface area contributed by atoms with Gasteiger partial charge in [-0.15, -0.1) is 23.2 Å². The molecule has 2 saturated heterocycles. The maximum Gasteiger partial charge on any atom is 0.258 e. The van der Waals surface area contributed by atoms with Gasteiger partial charge in [-0.3, -0.25) is 24.1 Å². The average Bonchev–Trinajstić information content (AvgIpc) is 3.38. The van der Waals surface area contributed by atoms with E-state index in [1.807, 2.05) is 0 Å². The number of aromatic hydroxyl groups is 1. The van der Waals surface area contributed by atoms with Crippen LogP contribution < -0.4 is 9.80 Å². The molecule has 4 amide bonds. The molecule has 3 aromatic carbocycles. The number of anilines is 2. The number of phenolic OH excluding ortho intramolecular Hbond substituents is 1. The molecule has 47 heavy (non-hydrogen) atoms. The summed E-state index contributed by atoms with van der Waals surface area (Å²) in [4.78, 5) is 51.5. The van der Waals surface area contributed by atoms with Crippen molar-refractivity contribution in [2.75, 3.05) is 9.80 Å². The molecular formula is C32H18Cl3F5N2O5. The summed E-state index contributed by atoms with van der Waals surface area (Å²) < 4.78 is 72.8. The summed E-state index contributed by atoms with van der Waals surface area (Å²) in [5, 5.41) is 10.3. The van der Waals surface area contributed by atoms with Crippen molar-refractivity contribution in [3.63, 3.8) is 0 Å². The highest BCUT2D eigenvalue weighted by molar-refractivity contribution is 6.58. The predicted octanol–water partition coefficient (Wildman–Crippen LogP) is 6.51. The van der Waals surface area contributed by atoms with Gasteiger partial charge in [0.1, 0.15) is 11.4 Å². The molecular weight excluding hydrogens is 694 g/mol. The minimum atomic E-state index is -2.64. The van der Waals surface area contributed by atoms with Gasteiger partial charge in [-0.1, -0.05) is 35.4 Å². The van der Waals surface area contributed by atoms with Crippen molar-refractivity contribution in [2.24, 2.45) is 17.8 Å². The Morgan fingerprint density at radius 3 is 1.89 bits per heavy atom. The average molecular weight is 712 g/mol. The molecule has 6 atom stereocenters. The number of carbonyl (C=O) groups is 4. The van der Waals surface area contributed by atoms with Gasteiger partial charge in [0, 0.05) is 10.9 Å². The molecule has 15 heteroatoms. The van der Waals surface area contributed by atoms with Crippen molar-refractivity contribution in [2.45, 2.75) is 28.5 Å². The Kier molecular flexibility index (Phi) is 7.06. The van der Waals surface area contributed by atoms with Gasteiger partial charge in [0.25, 0.3) is 11.8 Å². The van der Waals surface area contributed by atoms with Gasteiger partial charge in [0.2, 0.25) is 17.6 Å². The summed E-state index contributed by atoms with van der Waals surface area (Å²) in [6.07, 6.45) is 0.953. The van der Waals surface area contributed by atoms with E-state index in [1.165, 1.54) is 48.5 Å². The Bertz CT molecular complexity index is 1950. The molecule has 1 N–H and O–H groups in total. The second-order valence-electron chi connectivity index (χ2n) is 11.8. The molecule has 7 nitrogen and oxygen atoms in total. The Balaban J connectivity index is 1.42. The zero-order valence-electron chi connectivity index (χ0n) is 23.4. The Morgan fingerprint density at radius 2 is 1.30 bits per heavy atom. The lowest BCUT2D eigenvalue weighted by Gasteiger charge is -2.50. The lowest BCUT2D eigenvalue weighted by atomic mass is 9.56. The Labute approximate surface area is 277 Å². The number of alkyl halides is 2. The molecule has 1 saturated carbocycles.